The summed E-state index contributed by atoms with van der Waals surface area (Å²) in [5.41, 5.74) is 1.67. The van der Waals surface area contributed by atoms with Crippen LogP contribution in [-0.2, 0) is 0 Å². The van der Waals surface area contributed by atoms with Gasteiger partial charge < -0.3 is 19.9 Å². The highest BCUT2D eigenvalue weighted by Gasteiger charge is 2.13. The largest absolute Gasteiger partial charge is 0.497 e. The van der Waals surface area contributed by atoms with Crippen LogP contribution in [0.15, 0.2) is 40.9 Å². The lowest BCUT2D eigenvalue weighted by molar-refractivity contribution is 0.102. The van der Waals surface area contributed by atoms with Crippen LogP contribution >= 0.6 is 0 Å². The first-order valence-corrected chi connectivity index (χ1v) is 7.55. The van der Waals surface area contributed by atoms with Gasteiger partial charge in [-0.15, -0.1) is 0 Å². The summed E-state index contributed by atoms with van der Waals surface area (Å²) in [4.78, 5) is 20.9. The Morgan fingerprint density at radius 2 is 1.88 bits per heavy atom. The van der Waals surface area contributed by atoms with E-state index in [9.17, 15) is 4.79 Å². The molecule has 0 unspecified atom stereocenters. The maximum absolute atomic E-state index is 12.3. The van der Waals surface area contributed by atoms with Gasteiger partial charge >= 0.3 is 0 Å². The minimum Gasteiger partial charge on any atom is -0.497 e. The van der Waals surface area contributed by atoms with Crippen molar-refractivity contribution in [3.05, 3.63) is 53.5 Å². The van der Waals surface area contributed by atoms with Crippen molar-refractivity contribution in [2.75, 3.05) is 17.7 Å². The van der Waals surface area contributed by atoms with Gasteiger partial charge in [-0.2, -0.15) is 0 Å². The fourth-order valence-corrected chi connectivity index (χ4v) is 2.15. The Labute approximate surface area is 144 Å². The van der Waals surface area contributed by atoms with E-state index in [1.165, 1.54) is 0 Å². The van der Waals surface area contributed by atoms with Gasteiger partial charge in [0.25, 0.3) is 5.91 Å². The number of aryl methyl sites for hydroxylation is 2. The minimum absolute atomic E-state index is 0.226. The van der Waals surface area contributed by atoms with E-state index in [2.05, 4.69) is 25.8 Å². The van der Waals surface area contributed by atoms with E-state index in [0.717, 1.165) is 11.4 Å². The zero-order valence-corrected chi connectivity index (χ0v) is 14.0. The third-order valence-electron chi connectivity index (χ3n) is 3.30. The summed E-state index contributed by atoms with van der Waals surface area (Å²) in [6.45, 7) is 3.53. The second-order valence-corrected chi connectivity index (χ2v) is 5.35. The van der Waals surface area contributed by atoms with E-state index in [4.69, 9.17) is 9.26 Å². The van der Waals surface area contributed by atoms with Gasteiger partial charge in [0, 0.05) is 17.4 Å². The zero-order valence-electron chi connectivity index (χ0n) is 14.0. The van der Waals surface area contributed by atoms with Crippen molar-refractivity contribution in [1.29, 1.82) is 0 Å². The number of aromatic nitrogens is 3. The molecule has 0 bridgehead atoms. The van der Waals surface area contributed by atoms with Crippen LogP contribution in [0.5, 0.6) is 5.75 Å². The third-order valence-corrected chi connectivity index (χ3v) is 3.30. The maximum Gasteiger partial charge on any atom is 0.275 e. The lowest BCUT2D eigenvalue weighted by Gasteiger charge is -2.08. The molecular formula is C17H17N5O3. The Balaban J connectivity index is 1.78. The molecule has 2 N–H and O–H groups in total. The number of hydrogen-bond acceptors (Lipinski definition) is 7. The molecule has 8 nitrogen and oxygen atoms in total. The number of nitrogens with one attached hydrogen (secondary N) is 2. The molecule has 1 aromatic carbocycles. The van der Waals surface area contributed by atoms with E-state index in [-0.39, 0.29) is 5.69 Å². The van der Waals surface area contributed by atoms with Crippen molar-refractivity contribution < 1.29 is 14.1 Å². The van der Waals surface area contributed by atoms with Crippen LogP contribution in [0, 0.1) is 13.8 Å². The number of carbonyl (C=O) groups is 1. The summed E-state index contributed by atoms with van der Waals surface area (Å²) in [7, 11) is 1.60. The number of hydrogen-bond donors (Lipinski definition) is 2. The highest BCUT2D eigenvalue weighted by molar-refractivity contribution is 6.02. The Bertz CT molecular complexity index is 890. The smallest absolute Gasteiger partial charge is 0.275 e. The fraction of sp³-hybridized carbons (Fsp3) is 0.176. The molecule has 0 atom stereocenters. The van der Waals surface area contributed by atoms with Crippen molar-refractivity contribution in [2.45, 2.75) is 13.8 Å². The second-order valence-electron chi connectivity index (χ2n) is 5.35. The lowest BCUT2D eigenvalue weighted by atomic mass is 10.3. The van der Waals surface area contributed by atoms with Gasteiger partial charge in [0.1, 0.15) is 17.2 Å². The highest BCUT2D eigenvalue weighted by atomic mass is 16.5. The molecule has 8 heteroatoms. The summed E-state index contributed by atoms with van der Waals surface area (Å²) < 4.78 is 10.0. The Morgan fingerprint density at radius 3 is 2.52 bits per heavy atom. The molecule has 0 aliphatic heterocycles. The number of ether oxygens (including phenoxy) is 1. The van der Waals surface area contributed by atoms with Gasteiger partial charge in [-0.3, -0.25) is 4.79 Å². The predicted molar refractivity (Wildman–Crippen MR) is 92.2 cm³/mol. The molecule has 0 saturated carbocycles. The first-order chi connectivity index (χ1) is 12.0. The van der Waals surface area contributed by atoms with Crippen molar-refractivity contribution in [2.24, 2.45) is 0 Å². The molecule has 3 rings (SSSR count). The minimum atomic E-state index is -0.392. The number of methoxy groups -OCH3 is 1. The van der Waals surface area contributed by atoms with Gasteiger partial charge in [-0.25, -0.2) is 9.97 Å². The van der Waals surface area contributed by atoms with E-state index < -0.39 is 5.91 Å². The molecule has 1 amide bonds. The SMILES string of the molecule is COc1ccc(Nc2nc(C)cc(C(=O)Nc3cc(C)on3)n2)cc1. The molecular weight excluding hydrogens is 322 g/mol. The Kier molecular flexibility index (Phi) is 4.60. The lowest BCUT2D eigenvalue weighted by Crippen LogP contribution is -2.15. The normalized spacial score (nSPS) is 10.4. The monoisotopic (exact) mass is 339 g/mol. The zero-order chi connectivity index (χ0) is 17.8. The topological polar surface area (TPSA) is 102 Å². The summed E-state index contributed by atoms with van der Waals surface area (Å²) in [6.07, 6.45) is 0. The van der Waals surface area contributed by atoms with Crippen molar-refractivity contribution in [3.63, 3.8) is 0 Å². The summed E-state index contributed by atoms with van der Waals surface area (Å²) in [5, 5.41) is 9.43. The molecule has 0 aliphatic carbocycles. The summed E-state index contributed by atoms with van der Waals surface area (Å²) in [6, 6.07) is 10.5. The quantitative estimate of drug-likeness (QED) is 0.736. The Hall–Kier alpha value is -3.42. The molecule has 0 aliphatic rings. The number of carbonyl (C=O) groups excluding carboxylic acids is 1. The number of amides is 1. The van der Waals surface area contributed by atoms with Crippen molar-refractivity contribution >= 4 is 23.4 Å². The standard InChI is InChI=1S/C17H17N5O3/c1-10-8-14(16(23)21-15-9-11(2)25-22-15)20-17(18-10)19-12-4-6-13(24-3)7-5-12/h4-9H,1-3H3,(H,18,19,20)(H,21,22,23). The predicted octanol–water partition coefficient (Wildman–Crippen LogP) is 3.09. The molecule has 0 fully saturated rings. The number of rotatable bonds is 5. The number of nitrogens with zero attached hydrogens (tertiary/aromatic N) is 3. The van der Waals surface area contributed by atoms with Crippen LogP contribution < -0.4 is 15.4 Å². The Morgan fingerprint density at radius 1 is 1.12 bits per heavy atom. The van der Waals surface area contributed by atoms with E-state index in [0.29, 0.717) is 23.2 Å². The molecule has 128 valence electrons. The van der Waals surface area contributed by atoms with Crippen LogP contribution in [-0.4, -0.2) is 28.1 Å². The molecule has 0 spiro atoms. The van der Waals surface area contributed by atoms with Gasteiger partial charge in [0.05, 0.1) is 7.11 Å². The molecule has 0 radical (unpaired) electrons. The van der Waals surface area contributed by atoms with E-state index in [1.54, 1.807) is 33.1 Å². The van der Waals surface area contributed by atoms with Gasteiger partial charge in [0.2, 0.25) is 5.95 Å². The molecule has 2 heterocycles. The number of benzene rings is 1. The van der Waals surface area contributed by atoms with E-state index in [1.807, 2.05) is 24.3 Å². The highest BCUT2D eigenvalue weighted by Crippen LogP contribution is 2.18. The first-order valence-electron chi connectivity index (χ1n) is 7.55. The van der Waals surface area contributed by atoms with Crippen LogP contribution in [0.4, 0.5) is 17.5 Å². The van der Waals surface area contributed by atoms with Gasteiger partial charge in [0.15, 0.2) is 5.82 Å². The van der Waals surface area contributed by atoms with Gasteiger partial charge in [-0.05, 0) is 44.2 Å². The van der Waals surface area contributed by atoms with E-state index >= 15 is 0 Å². The maximum atomic E-state index is 12.3. The second kappa shape index (κ2) is 7.00. The van der Waals surface area contributed by atoms with Crippen LogP contribution in [0.1, 0.15) is 21.9 Å². The third kappa shape index (κ3) is 4.11. The molecule has 0 saturated heterocycles. The van der Waals surface area contributed by atoms with Crippen molar-refractivity contribution in [1.82, 2.24) is 15.1 Å². The van der Waals surface area contributed by atoms with Gasteiger partial charge in [-0.1, -0.05) is 5.16 Å². The van der Waals surface area contributed by atoms with Crippen LogP contribution in [0.25, 0.3) is 0 Å². The fourth-order valence-electron chi connectivity index (χ4n) is 2.15. The number of anilines is 3. The first kappa shape index (κ1) is 16.4. The summed E-state index contributed by atoms with van der Waals surface area (Å²) >= 11 is 0. The summed E-state index contributed by atoms with van der Waals surface area (Å²) in [5.74, 6) is 1.63. The average Bonchev–Trinajstić information content (AvgIpc) is 3.00. The molecule has 25 heavy (non-hydrogen) atoms. The average molecular weight is 339 g/mol. The molecule has 2 aromatic heterocycles. The van der Waals surface area contributed by atoms with Crippen LogP contribution in [0.3, 0.4) is 0 Å². The van der Waals surface area contributed by atoms with Crippen molar-refractivity contribution in [3.8, 4) is 5.75 Å². The van der Waals surface area contributed by atoms with Crippen LogP contribution in [0.2, 0.25) is 0 Å². The molecule has 3 aromatic rings.